The molecule has 310 valence electrons. The second kappa shape index (κ2) is 13.4. The van der Waals surface area contributed by atoms with Gasteiger partial charge in [-0.25, -0.2) is 40.6 Å². The van der Waals surface area contributed by atoms with Gasteiger partial charge in [-0.1, -0.05) is 11.6 Å². The normalized spacial score (nSPS) is 18.3. The molecule has 0 radical (unpaired) electrons. The summed E-state index contributed by atoms with van der Waals surface area (Å²) in [6, 6.07) is 3.15. The molecular formula is C35H25ClF9N9O4S. The average Bonchev–Trinajstić information content (AvgIpc) is 3.64. The topological polar surface area (TPSA) is 173 Å². The third kappa shape index (κ3) is 6.62. The molecule has 24 heteroatoms. The van der Waals surface area contributed by atoms with Crippen molar-refractivity contribution in [2.45, 2.75) is 49.2 Å². The lowest BCUT2D eigenvalue weighted by Crippen LogP contribution is -2.39. The van der Waals surface area contributed by atoms with Crippen molar-refractivity contribution in [2.24, 2.45) is 18.7 Å². The summed E-state index contributed by atoms with van der Waals surface area (Å²) in [4.78, 5) is 36.3. The highest BCUT2D eigenvalue weighted by atomic mass is 35.5. The van der Waals surface area contributed by atoms with E-state index in [2.05, 4.69) is 24.9 Å². The van der Waals surface area contributed by atoms with Crippen LogP contribution in [0.25, 0.3) is 27.6 Å². The molecule has 6 aromatic rings. The number of fused-ring (bicyclic) bond motifs is 5. The zero-order valence-electron chi connectivity index (χ0n) is 29.9. The predicted molar refractivity (Wildman–Crippen MR) is 191 cm³/mol. The largest absolute Gasteiger partial charge is 0.433 e. The number of anilines is 1. The van der Waals surface area contributed by atoms with E-state index in [-0.39, 0.29) is 44.1 Å². The highest BCUT2D eigenvalue weighted by molar-refractivity contribution is 7.92. The summed E-state index contributed by atoms with van der Waals surface area (Å²) in [5.41, 5.74) is -1.34. The average molecular weight is 874 g/mol. The number of aryl methyl sites for hydroxylation is 1. The number of nitrogens with zero attached hydrogens (tertiary/aromatic N) is 7. The summed E-state index contributed by atoms with van der Waals surface area (Å²) in [7, 11) is -2.75. The van der Waals surface area contributed by atoms with Gasteiger partial charge in [-0.05, 0) is 60.7 Å². The van der Waals surface area contributed by atoms with Gasteiger partial charge in [0.2, 0.25) is 15.9 Å². The van der Waals surface area contributed by atoms with Crippen LogP contribution >= 0.6 is 11.6 Å². The number of amides is 1. The second-order valence-electron chi connectivity index (χ2n) is 14.2. The van der Waals surface area contributed by atoms with E-state index < -0.39 is 121 Å². The minimum absolute atomic E-state index is 0.138. The van der Waals surface area contributed by atoms with Crippen molar-refractivity contribution in [3.8, 4) is 5.69 Å². The van der Waals surface area contributed by atoms with Crippen LogP contribution in [0.15, 0.2) is 47.3 Å². The van der Waals surface area contributed by atoms with E-state index in [9.17, 15) is 48.7 Å². The first-order valence-corrected chi connectivity index (χ1v) is 19.4. The Labute approximate surface area is 329 Å². The molecule has 4 atom stereocenters. The number of carbonyl (C=O) groups is 1. The molecule has 0 saturated heterocycles. The molecule has 0 aliphatic heterocycles. The van der Waals surface area contributed by atoms with Crippen LogP contribution in [0.4, 0.5) is 45.3 Å². The van der Waals surface area contributed by atoms with E-state index in [1.165, 1.54) is 19.2 Å². The van der Waals surface area contributed by atoms with Crippen molar-refractivity contribution in [2.75, 3.05) is 11.0 Å². The Morgan fingerprint density at radius 1 is 1.07 bits per heavy atom. The van der Waals surface area contributed by atoms with Gasteiger partial charge in [0.05, 0.1) is 39.2 Å². The Morgan fingerprint density at radius 2 is 1.75 bits per heavy atom. The molecule has 2 aliphatic carbocycles. The third-order valence-electron chi connectivity index (χ3n) is 10.3. The van der Waals surface area contributed by atoms with E-state index in [1.807, 2.05) is 0 Å². The van der Waals surface area contributed by atoms with Crippen LogP contribution < -0.4 is 16.0 Å². The van der Waals surface area contributed by atoms with E-state index in [4.69, 9.17) is 17.3 Å². The number of carbonyl (C=O) groups excluding carboxylic acids is 1. The Hall–Kier alpha value is -5.71. The van der Waals surface area contributed by atoms with Gasteiger partial charge in [-0.15, -0.1) is 0 Å². The third-order valence-corrected chi connectivity index (χ3v) is 11.1. The maximum Gasteiger partial charge on any atom is 0.433 e. The second-order valence-corrected chi connectivity index (χ2v) is 16.4. The zero-order valence-corrected chi connectivity index (χ0v) is 31.4. The smallest absolute Gasteiger partial charge is 0.368 e. The summed E-state index contributed by atoms with van der Waals surface area (Å²) in [6.45, 7) is 0. The van der Waals surface area contributed by atoms with E-state index in [0.29, 0.717) is 16.7 Å². The molecule has 4 heterocycles. The Kier molecular flexibility index (Phi) is 9.11. The number of aromatic nitrogens is 7. The molecule has 1 amide bonds. The minimum atomic E-state index is -5.10. The first kappa shape index (κ1) is 40.1. The van der Waals surface area contributed by atoms with Gasteiger partial charge in [0.15, 0.2) is 11.5 Å². The van der Waals surface area contributed by atoms with Crippen LogP contribution in [0.5, 0.6) is 0 Å². The van der Waals surface area contributed by atoms with Crippen molar-refractivity contribution >= 4 is 55.3 Å². The molecule has 0 bridgehead atoms. The van der Waals surface area contributed by atoms with Crippen LogP contribution in [0.2, 0.25) is 5.02 Å². The lowest BCUT2D eigenvalue weighted by Gasteiger charge is -2.30. The maximum absolute atomic E-state index is 16.1. The molecule has 1 unspecified atom stereocenters. The number of hydrogen-bond acceptors (Lipinski definition) is 8. The van der Waals surface area contributed by atoms with Crippen molar-refractivity contribution in [1.82, 2.24) is 34.1 Å². The van der Waals surface area contributed by atoms with Gasteiger partial charge in [0.1, 0.15) is 40.6 Å². The maximum atomic E-state index is 16.1. The molecule has 1 fully saturated rings. The summed E-state index contributed by atoms with van der Waals surface area (Å²) in [5.74, 6) is -13.5. The summed E-state index contributed by atoms with van der Waals surface area (Å²) in [6.07, 6.45) is -8.82. The van der Waals surface area contributed by atoms with E-state index in [1.54, 1.807) is 0 Å². The Morgan fingerprint density at radius 3 is 2.36 bits per heavy atom. The van der Waals surface area contributed by atoms with Crippen LogP contribution in [0.1, 0.15) is 64.8 Å². The summed E-state index contributed by atoms with van der Waals surface area (Å²) < 4.78 is 161. The van der Waals surface area contributed by atoms with Crippen LogP contribution in [-0.2, 0) is 40.4 Å². The first-order valence-electron chi connectivity index (χ1n) is 17.1. The van der Waals surface area contributed by atoms with Gasteiger partial charge in [0, 0.05) is 24.6 Å². The molecular weight excluding hydrogens is 849 g/mol. The number of pyridine rings is 1. The number of nitrogens with two attached hydrogens (primary N) is 1. The van der Waals surface area contributed by atoms with Gasteiger partial charge in [-0.2, -0.15) is 32.1 Å². The van der Waals surface area contributed by atoms with E-state index >= 15 is 8.78 Å². The standard InChI is InChI=1S/C35H25ClF9N9O4S/c1-52-26-20(5-4-19(36)23(26)31(50-52)51-59(2,57)58)53-32(48-30-15(33(53)56)3-6-21(47-30)35(43,44)45)17(9-12-7-13(37)10-14(38)8-12)25(29(46)55)54-27-22(24(49-54)28(39)40)16-11-18(16)34(27,41)42/h3-8,10,16-18,25,28H,9,11H2,1-2H3,(H2,46,55)(H,50,51)/t16-,17-,18+,25?/m0/s1. The molecule has 59 heavy (non-hydrogen) atoms. The summed E-state index contributed by atoms with van der Waals surface area (Å²) in [5, 5.41) is 7.05. The molecule has 8 rings (SSSR count). The fraction of sp³-hybridized carbons (Fsp3) is 0.314. The SMILES string of the molecule is Cn1nc(NS(C)(=O)=O)c2c(Cl)ccc(-n3c([C@@H](Cc4cc(F)cc(F)c4)C(C(N)=O)n4nc(C(F)F)c5c4C(F)(F)[C@@H]4C[C@H]54)nc4nc(C(F)(F)F)ccc4c3=O)c21. The van der Waals surface area contributed by atoms with Crippen LogP contribution in [-0.4, -0.2) is 54.7 Å². The number of primary amides is 1. The highest BCUT2D eigenvalue weighted by Crippen LogP contribution is 2.68. The van der Waals surface area contributed by atoms with Crippen molar-refractivity contribution in [3.63, 3.8) is 0 Å². The predicted octanol–water partition coefficient (Wildman–Crippen LogP) is 6.39. The van der Waals surface area contributed by atoms with Gasteiger partial charge in [-0.3, -0.25) is 23.6 Å². The number of halogens is 10. The molecule has 0 spiro atoms. The molecule has 2 aromatic carbocycles. The lowest BCUT2D eigenvalue weighted by molar-refractivity contribution is -0.141. The van der Waals surface area contributed by atoms with Gasteiger partial charge < -0.3 is 5.73 Å². The number of sulfonamides is 1. The lowest BCUT2D eigenvalue weighted by atomic mass is 9.89. The number of hydrogen-bond donors (Lipinski definition) is 2. The Bertz CT molecular complexity index is 2930. The highest BCUT2D eigenvalue weighted by Gasteiger charge is 2.68. The van der Waals surface area contributed by atoms with E-state index in [0.717, 1.165) is 29.1 Å². The fourth-order valence-electron chi connectivity index (χ4n) is 7.94. The molecule has 13 nitrogen and oxygen atoms in total. The van der Waals surface area contributed by atoms with Gasteiger partial charge >= 0.3 is 6.18 Å². The van der Waals surface area contributed by atoms with Gasteiger partial charge in [0.25, 0.3) is 17.9 Å². The number of nitrogens with one attached hydrogen (secondary N) is 1. The summed E-state index contributed by atoms with van der Waals surface area (Å²) >= 11 is 6.51. The number of rotatable bonds is 10. The quantitative estimate of drug-likeness (QED) is 0.149. The zero-order chi connectivity index (χ0) is 42.8. The molecule has 2 aliphatic rings. The first-order chi connectivity index (χ1) is 27.5. The van der Waals surface area contributed by atoms with Crippen molar-refractivity contribution in [1.29, 1.82) is 0 Å². The number of benzene rings is 2. The van der Waals surface area contributed by atoms with Crippen molar-refractivity contribution in [3.05, 3.63) is 104 Å². The fourth-order valence-corrected chi connectivity index (χ4v) is 8.68. The molecule has 1 saturated carbocycles. The molecule has 4 aromatic heterocycles. The van der Waals surface area contributed by atoms with Crippen LogP contribution in [0.3, 0.4) is 0 Å². The van der Waals surface area contributed by atoms with Crippen LogP contribution in [0, 0.1) is 17.6 Å². The molecule has 3 N–H and O–H groups in total. The monoisotopic (exact) mass is 873 g/mol. The number of alkyl halides is 7. The minimum Gasteiger partial charge on any atom is -0.368 e. The Balaban J connectivity index is 1.51. The van der Waals surface area contributed by atoms with Crippen molar-refractivity contribution < 1.29 is 52.7 Å².